The maximum Gasteiger partial charge on any atom is 0.324 e. The van der Waals surface area contributed by atoms with Crippen LogP contribution in [0.1, 0.15) is 24.2 Å². The lowest BCUT2D eigenvalue weighted by atomic mass is 10.2. The van der Waals surface area contributed by atoms with Crippen molar-refractivity contribution in [2.75, 3.05) is 26.2 Å². The van der Waals surface area contributed by atoms with Crippen LogP contribution in [0.25, 0.3) is 0 Å². The quantitative estimate of drug-likeness (QED) is 0.880. The van der Waals surface area contributed by atoms with E-state index in [0.29, 0.717) is 25.7 Å². The molecule has 0 aliphatic carbocycles. The van der Waals surface area contributed by atoms with Gasteiger partial charge in [0.1, 0.15) is 0 Å². The van der Waals surface area contributed by atoms with Crippen LogP contribution in [0.15, 0.2) is 6.07 Å². The second-order valence-electron chi connectivity index (χ2n) is 6.15. The van der Waals surface area contributed by atoms with E-state index in [9.17, 15) is 9.59 Å². The van der Waals surface area contributed by atoms with E-state index in [1.54, 1.807) is 0 Å². The molecule has 2 saturated heterocycles. The van der Waals surface area contributed by atoms with Crippen molar-refractivity contribution in [2.24, 2.45) is 0 Å². The van der Waals surface area contributed by atoms with Gasteiger partial charge in [-0.15, -0.1) is 0 Å². The van der Waals surface area contributed by atoms with Crippen molar-refractivity contribution in [3.05, 3.63) is 17.5 Å². The number of nitrogens with one attached hydrogen (secondary N) is 1. The highest BCUT2D eigenvalue weighted by atomic mass is 16.2. The predicted octanol–water partition coefficient (Wildman–Crippen LogP) is 0.516. The summed E-state index contributed by atoms with van der Waals surface area (Å²) in [7, 11) is 0. The second kappa shape index (κ2) is 6.08. The van der Waals surface area contributed by atoms with Gasteiger partial charge in [-0.05, 0) is 39.3 Å². The van der Waals surface area contributed by atoms with Crippen molar-refractivity contribution in [1.29, 1.82) is 0 Å². The van der Waals surface area contributed by atoms with Crippen LogP contribution in [0, 0.1) is 13.8 Å². The fraction of sp³-hybridized carbons (Fsp3) is 0.667. The molecule has 1 aromatic heterocycles. The molecule has 0 aromatic carbocycles. The number of urea groups is 1. The monoisotopic (exact) mass is 305 g/mol. The highest BCUT2D eigenvalue weighted by molar-refractivity contribution is 5.96. The number of carbonyl (C=O) groups excluding carboxylic acids is 2. The molecule has 0 spiro atoms. The van der Waals surface area contributed by atoms with Gasteiger partial charge in [0.05, 0.1) is 18.8 Å². The van der Waals surface area contributed by atoms with E-state index in [4.69, 9.17) is 0 Å². The molecule has 2 aliphatic heterocycles. The van der Waals surface area contributed by atoms with Crippen LogP contribution in [-0.4, -0.2) is 63.7 Å². The van der Waals surface area contributed by atoms with Crippen LogP contribution in [0.4, 0.5) is 4.79 Å². The summed E-state index contributed by atoms with van der Waals surface area (Å²) in [6.45, 7) is 7.11. The third kappa shape index (κ3) is 2.99. The number of likely N-dealkylation sites (tertiary alicyclic amines) is 1. The molecule has 0 radical (unpaired) electrons. The smallest absolute Gasteiger partial charge is 0.324 e. The van der Waals surface area contributed by atoms with E-state index in [2.05, 4.69) is 28.3 Å². The zero-order valence-electron chi connectivity index (χ0n) is 13.2. The summed E-state index contributed by atoms with van der Waals surface area (Å²) in [5, 5.41) is 7.18. The van der Waals surface area contributed by atoms with Crippen molar-refractivity contribution in [2.45, 2.75) is 39.3 Å². The molecule has 1 aromatic rings. The standard InChI is InChI=1S/C15H23N5O2/c1-11-8-12(2)20(17-11)9-13-4-3-6-18(13)10-14(21)19-7-5-16-15(19)22/h8,13H,3-7,9-10H2,1-2H3,(H,16,22). The molecule has 3 heterocycles. The van der Waals surface area contributed by atoms with Gasteiger partial charge < -0.3 is 5.32 Å². The molecule has 1 atom stereocenters. The summed E-state index contributed by atoms with van der Waals surface area (Å²) in [6.07, 6.45) is 2.15. The highest BCUT2D eigenvalue weighted by Gasteiger charge is 2.32. The number of rotatable bonds is 4. The first-order chi connectivity index (χ1) is 10.5. The highest BCUT2D eigenvalue weighted by Crippen LogP contribution is 2.20. The minimum absolute atomic E-state index is 0.102. The first kappa shape index (κ1) is 15.0. The molecular formula is C15H23N5O2. The molecule has 1 N–H and O–H groups in total. The fourth-order valence-corrected chi connectivity index (χ4v) is 3.34. The van der Waals surface area contributed by atoms with Gasteiger partial charge in [-0.25, -0.2) is 4.79 Å². The van der Waals surface area contributed by atoms with Crippen molar-refractivity contribution in [1.82, 2.24) is 24.9 Å². The van der Waals surface area contributed by atoms with E-state index >= 15 is 0 Å². The fourth-order valence-electron chi connectivity index (χ4n) is 3.34. The van der Waals surface area contributed by atoms with Crippen molar-refractivity contribution in [3.8, 4) is 0 Å². The van der Waals surface area contributed by atoms with Gasteiger partial charge in [0.15, 0.2) is 0 Å². The molecular weight excluding hydrogens is 282 g/mol. The van der Waals surface area contributed by atoms with Crippen molar-refractivity contribution >= 4 is 11.9 Å². The molecule has 0 bridgehead atoms. The molecule has 1 unspecified atom stereocenters. The lowest BCUT2D eigenvalue weighted by molar-refractivity contribution is -0.129. The zero-order valence-corrected chi connectivity index (χ0v) is 13.2. The summed E-state index contributed by atoms with van der Waals surface area (Å²) in [5.74, 6) is -0.102. The van der Waals surface area contributed by atoms with Gasteiger partial charge >= 0.3 is 6.03 Å². The van der Waals surface area contributed by atoms with Crippen LogP contribution in [-0.2, 0) is 11.3 Å². The Balaban J connectivity index is 1.62. The molecule has 7 nitrogen and oxygen atoms in total. The molecule has 7 heteroatoms. The summed E-state index contributed by atoms with van der Waals surface area (Å²) in [4.78, 5) is 27.4. The minimum atomic E-state index is -0.265. The van der Waals surface area contributed by atoms with E-state index in [1.165, 1.54) is 4.90 Å². The summed E-state index contributed by atoms with van der Waals surface area (Å²) in [5.41, 5.74) is 2.17. The Morgan fingerprint density at radius 2 is 2.23 bits per heavy atom. The topological polar surface area (TPSA) is 70.5 Å². The van der Waals surface area contributed by atoms with Gasteiger partial charge in [0, 0.05) is 24.8 Å². The number of nitrogens with zero attached hydrogens (tertiary/aromatic N) is 4. The first-order valence-electron chi connectivity index (χ1n) is 7.88. The van der Waals surface area contributed by atoms with E-state index in [-0.39, 0.29) is 11.9 Å². The number of carbonyl (C=O) groups is 2. The minimum Gasteiger partial charge on any atom is -0.336 e. The van der Waals surface area contributed by atoms with Crippen LogP contribution in [0.2, 0.25) is 0 Å². The largest absolute Gasteiger partial charge is 0.336 e. The molecule has 22 heavy (non-hydrogen) atoms. The summed E-state index contributed by atoms with van der Waals surface area (Å²) in [6, 6.07) is 2.12. The normalized spacial score (nSPS) is 22.4. The van der Waals surface area contributed by atoms with Crippen LogP contribution < -0.4 is 5.32 Å². The summed E-state index contributed by atoms with van der Waals surface area (Å²) >= 11 is 0. The Labute approximate surface area is 130 Å². The lowest BCUT2D eigenvalue weighted by Crippen LogP contribution is -2.44. The van der Waals surface area contributed by atoms with Gasteiger partial charge in [0.25, 0.3) is 0 Å². The SMILES string of the molecule is Cc1cc(C)n(CC2CCCN2CC(=O)N2CCNC2=O)n1. The van der Waals surface area contributed by atoms with Crippen molar-refractivity contribution < 1.29 is 9.59 Å². The Morgan fingerprint density at radius 3 is 2.86 bits per heavy atom. The molecule has 2 aliphatic rings. The van der Waals surface area contributed by atoms with Gasteiger partial charge in [0.2, 0.25) is 5.91 Å². The van der Waals surface area contributed by atoms with Crippen molar-refractivity contribution in [3.63, 3.8) is 0 Å². The number of aromatic nitrogens is 2. The first-order valence-corrected chi connectivity index (χ1v) is 7.88. The predicted molar refractivity (Wildman–Crippen MR) is 81.4 cm³/mol. The molecule has 3 rings (SSSR count). The van der Waals surface area contributed by atoms with Gasteiger partial charge in [-0.3, -0.25) is 19.3 Å². The van der Waals surface area contributed by atoms with Crippen LogP contribution in [0.5, 0.6) is 0 Å². The Morgan fingerprint density at radius 1 is 1.41 bits per heavy atom. The maximum atomic E-state index is 12.3. The Kier molecular flexibility index (Phi) is 4.15. The van der Waals surface area contributed by atoms with Crippen LogP contribution >= 0.6 is 0 Å². The number of aryl methyl sites for hydroxylation is 2. The molecule has 3 amide bonds. The molecule has 0 saturated carbocycles. The average Bonchev–Trinajstić information content (AvgIpc) is 3.14. The number of hydrogen-bond acceptors (Lipinski definition) is 4. The lowest BCUT2D eigenvalue weighted by Gasteiger charge is -2.25. The molecule has 2 fully saturated rings. The van der Waals surface area contributed by atoms with Gasteiger partial charge in [-0.1, -0.05) is 0 Å². The number of hydrogen-bond donors (Lipinski definition) is 1. The molecule has 120 valence electrons. The van der Waals surface area contributed by atoms with E-state index in [0.717, 1.165) is 37.3 Å². The maximum absolute atomic E-state index is 12.3. The number of imide groups is 1. The zero-order chi connectivity index (χ0) is 15.7. The Hall–Kier alpha value is -1.89. The van der Waals surface area contributed by atoms with Gasteiger partial charge in [-0.2, -0.15) is 5.10 Å². The van der Waals surface area contributed by atoms with E-state index in [1.807, 2.05) is 11.6 Å². The third-order valence-corrected chi connectivity index (χ3v) is 4.48. The average molecular weight is 305 g/mol. The van der Waals surface area contributed by atoms with Crippen LogP contribution in [0.3, 0.4) is 0 Å². The third-order valence-electron chi connectivity index (χ3n) is 4.48. The summed E-state index contributed by atoms with van der Waals surface area (Å²) < 4.78 is 2.02. The van der Waals surface area contributed by atoms with E-state index < -0.39 is 0 Å². The number of amides is 3. The Bertz CT molecular complexity index is 582. The second-order valence-corrected chi connectivity index (χ2v) is 6.15.